The molecule has 0 radical (unpaired) electrons. The second-order valence-corrected chi connectivity index (χ2v) is 4.82. The lowest BCUT2D eigenvalue weighted by molar-refractivity contribution is -0.140. The Morgan fingerprint density at radius 2 is 1.83 bits per heavy atom. The average molecular weight is 310 g/mol. The van der Waals surface area contributed by atoms with E-state index in [1.54, 1.807) is 0 Å². The molecule has 6 heteroatoms. The van der Waals surface area contributed by atoms with Crippen LogP contribution in [0, 0.1) is 0 Å². The maximum absolute atomic E-state index is 11.9. The molecule has 0 N–H and O–H groups in total. The van der Waals surface area contributed by atoms with Crippen molar-refractivity contribution in [2.24, 2.45) is 0 Å². The van der Waals surface area contributed by atoms with E-state index in [0.717, 1.165) is 0 Å². The van der Waals surface area contributed by atoms with Crippen molar-refractivity contribution >= 4 is 46.6 Å². The Labute approximate surface area is 120 Å². The summed E-state index contributed by atoms with van der Waals surface area (Å²) in [5.41, 5.74) is 0.277. The van der Waals surface area contributed by atoms with Gasteiger partial charge in [-0.25, -0.2) is 0 Å². The third kappa shape index (κ3) is 4.16. The SMILES string of the molecule is COC(=O)CCCC(=O)c1cc(Cl)cc(Cl)c1Cl. The first-order valence-electron chi connectivity index (χ1n) is 5.20. The molecule has 0 aliphatic heterocycles. The smallest absolute Gasteiger partial charge is 0.305 e. The number of Topliss-reactive ketones (excluding diaryl/α,β-unsaturated/α-hetero) is 1. The van der Waals surface area contributed by atoms with Crippen LogP contribution in [0.5, 0.6) is 0 Å². The molecule has 98 valence electrons. The highest BCUT2D eigenvalue weighted by molar-refractivity contribution is 6.45. The van der Waals surface area contributed by atoms with Crippen LogP contribution in [0.1, 0.15) is 29.6 Å². The van der Waals surface area contributed by atoms with Crippen molar-refractivity contribution in [2.45, 2.75) is 19.3 Å². The fraction of sp³-hybridized carbons (Fsp3) is 0.333. The Morgan fingerprint density at radius 3 is 2.44 bits per heavy atom. The van der Waals surface area contributed by atoms with Gasteiger partial charge in [-0.05, 0) is 18.6 Å². The van der Waals surface area contributed by atoms with Gasteiger partial charge in [0, 0.05) is 23.4 Å². The summed E-state index contributed by atoms with van der Waals surface area (Å²) in [6.07, 6.45) is 0.769. The maximum atomic E-state index is 11.9. The second-order valence-electron chi connectivity index (χ2n) is 3.60. The van der Waals surface area contributed by atoms with E-state index in [-0.39, 0.29) is 40.2 Å². The lowest BCUT2D eigenvalue weighted by atomic mass is 10.1. The zero-order chi connectivity index (χ0) is 13.7. The highest BCUT2D eigenvalue weighted by Crippen LogP contribution is 2.30. The Hall–Kier alpha value is -0.770. The monoisotopic (exact) mass is 308 g/mol. The molecule has 0 aliphatic rings. The summed E-state index contributed by atoms with van der Waals surface area (Å²) in [5.74, 6) is -0.550. The predicted molar refractivity (Wildman–Crippen MR) is 71.7 cm³/mol. The minimum absolute atomic E-state index is 0.184. The van der Waals surface area contributed by atoms with Crippen molar-refractivity contribution < 1.29 is 14.3 Å². The topological polar surface area (TPSA) is 43.4 Å². The quantitative estimate of drug-likeness (QED) is 0.466. The summed E-state index contributed by atoms with van der Waals surface area (Å²) >= 11 is 17.6. The first kappa shape index (κ1) is 15.3. The molecule has 1 aromatic rings. The zero-order valence-corrected chi connectivity index (χ0v) is 11.9. The number of halogens is 3. The van der Waals surface area contributed by atoms with Crippen molar-refractivity contribution in [3.05, 3.63) is 32.8 Å². The van der Waals surface area contributed by atoms with Crippen LogP contribution >= 0.6 is 34.8 Å². The molecule has 0 saturated heterocycles. The van der Waals surface area contributed by atoms with Crippen molar-refractivity contribution in [3.8, 4) is 0 Å². The molecule has 0 fully saturated rings. The number of rotatable bonds is 5. The van der Waals surface area contributed by atoms with Crippen LogP contribution in [0.15, 0.2) is 12.1 Å². The number of hydrogen-bond donors (Lipinski definition) is 0. The van der Waals surface area contributed by atoms with Crippen molar-refractivity contribution in [1.82, 2.24) is 0 Å². The predicted octanol–water partition coefficient (Wildman–Crippen LogP) is 4.17. The zero-order valence-electron chi connectivity index (χ0n) is 9.63. The van der Waals surface area contributed by atoms with Gasteiger partial charge < -0.3 is 4.74 Å². The van der Waals surface area contributed by atoms with Crippen molar-refractivity contribution in [3.63, 3.8) is 0 Å². The van der Waals surface area contributed by atoms with E-state index >= 15 is 0 Å². The summed E-state index contributed by atoms with van der Waals surface area (Å²) in [7, 11) is 1.30. The number of hydrogen-bond acceptors (Lipinski definition) is 3. The highest BCUT2D eigenvalue weighted by atomic mass is 35.5. The fourth-order valence-electron chi connectivity index (χ4n) is 1.39. The first-order chi connectivity index (χ1) is 8.45. The van der Waals surface area contributed by atoms with Crippen LogP contribution in [0.2, 0.25) is 15.1 Å². The molecule has 0 aliphatic carbocycles. The molecule has 0 atom stereocenters. The minimum Gasteiger partial charge on any atom is -0.469 e. The van der Waals surface area contributed by atoms with Crippen LogP contribution in [-0.2, 0) is 9.53 Å². The van der Waals surface area contributed by atoms with Crippen molar-refractivity contribution in [1.29, 1.82) is 0 Å². The van der Waals surface area contributed by atoms with Gasteiger partial charge in [0.05, 0.1) is 17.2 Å². The minimum atomic E-state index is -0.349. The molecule has 0 unspecified atom stereocenters. The fourth-order valence-corrected chi connectivity index (χ4v) is 2.10. The largest absolute Gasteiger partial charge is 0.469 e. The van der Waals surface area contributed by atoms with Gasteiger partial charge in [0.1, 0.15) is 0 Å². The molecule has 1 aromatic carbocycles. The lowest BCUT2D eigenvalue weighted by Gasteiger charge is -2.06. The van der Waals surface area contributed by atoms with E-state index in [4.69, 9.17) is 34.8 Å². The van der Waals surface area contributed by atoms with Crippen LogP contribution in [0.4, 0.5) is 0 Å². The Balaban J connectivity index is 2.70. The van der Waals surface area contributed by atoms with E-state index in [9.17, 15) is 9.59 Å². The molecular weight excluding hydrogens is 298 g/mol. The molecule has 3 nitrogen and oxygen atoms in total. The average Bonchev–Trinajstić information content (AvgIpc) is 2.33. The van der Waals surface area contributed by atoms with Gasteiger partial charge in [-0.2, -0.15) is 0 Å². The standard InChI is InChI=1S/C12H11Cl3O3/c1-18-11(17)4-2-3-10(16)8-5-7(13)6-9(14)12(8)15/h5-6H,2-4H2,1H3. The second kappa shape index (κ2) is 6.98. The first-order valence-corrected chi connectivity index (χ1v) is 6.33. The van der Waals surface area contributed by atoms with Gasteiger partial charge in [0.2, 0.25) is 0 Å². The van der Waals surface area contributed by atoms with E-state index in [2.05, 4.69) is 4.74 Å². The highest BCUT2D eigenvalue weighted by Gasteiger charge is 2.14. The summed E-state index contributed by atoms with van der Waals surface area (Å²) in [4.78, 5) is 22.8. The molecule has 0 amide bonds. The van der Waals surface area contributed by atoms with E-state index in [1.807, 2.05) is 0 Å². The van der Waals surface area contributed by atoms with Crippen LogP contribution in [0.25, 0.3) is 0 Å². The third-order valence-corrected chi connectivity index (χ3v) is 3.33. The van der Waals surface area contributed by atoms with Crippen LogP contribution < -0.4 is 0 Å². The van der Waals surface area contributed by atoms with Gasteiger partial charge in [-0.1, -0.05) is 34.8 Å². The van der Waals surface area contributed by atoms with Crippen molar-refractivity contribution in [2.75, 3.05) is 7.11 Å². The normalized spacial score (nSPS) is 10.2. The van der Waals surface area contributed by atoms with Gasteiger partial charge in [0.25, 0.3) is 0 Å². The van der Waals surface area contributed by atoms with E-state index in [0.29, 0.717) is 11.4 Å². The summed E-state index contributed by atoms with van der Waals surface area (Å²) < 4.78 is 4.48. The van der Waals surface area contributed by atoms with Gasteiger partial charge in [0.15, 0.2) is 5.78 Å². The van der Waals surface area contributed by atoms with E-state index in [1.165, 1.54) is 19.2 Å². The number of ether oxygens (including phenoxy) is 1. The molecule has 0 saturated carbocycles. The number of carbonyl (C=O) groups is 2. The summed E-state index contributed by atoms with van der Waals surface area (Å²) in [6, 6.07) is 2.94. The molecule has 18 heavy (non-hydrogen) atoms. The number of carbonyl (C=O) groups excluding carboxylic acids is 2. The third-order valence-electron chi connectivity index (χ3n) is 2.31. The van der Waals surface area contributed by atoms with Gasteiger partial charge in [-0.15, -0.1) is 0 Å². The molecule has 0 bridgehead atoms. The molecule has 0 heterocycles. The Kier molecular flexibility index (Phi) is 5.93. The van der Waals surface area contributed by atoms with Crippen LogP contribution in [0.3, 0.4) is 0 Å². The molecule has 1 rings (SSSR count). The Morgan fingerprint density at radius 1 is 1.17 bits per heavy atom. The number of methoxy groups -OCH3 is 1. The molecular formula is C12H11Cl3O3. The Bertz CT molecular complexity index is 472. The van der Waals surface area contributed by atoms with Gasteiger partial charge >= 0.3 is 5.97 Å². The molecule has 0 spiro atoms. The number of ketones is 1. The summed E-state index contributed by atoms with van der Waals surface area (Å²) in [5, 5.41) is 0.769. The number of benzene rings is 1. The maximum Gasteiger partial charge on any atom is 0.305 e. The van der Waals surface area contributed by atoms with Crippen LogP contribution in [-0.4, -0.2) is 18.9 Å². The van der Waals surface area contributed by atoms with Gasteiger partial charge in [-0.3, -0.25) is 9.59 Å². The summed E-state index contributed by atoms with van der Waals surface area (Å²) in [6.45, 7) is 0. The molecule has 0 aromatic heterocycles. The van der Waals surface area contributed by atoms with E-state index < -0.39 is 0 Å². The number of esters is 1. The lowest BCUT2D eigenvalue weighted by Crippen LogP contribution is -2.04.